The fourth-order valence-corrected chi connectivity index (χ4v) is 2.61. The van der Waals surface area contributed by atoms with Crippen LogP contribution in [0.4, 0.5) is 5.82 Å². The first-order valence-electron chi connectivity index (χ1n) is 6.35. The van der Waals surface area contributed by atoms with Crippen LogP contribution in [0.15, 0.2) is 17.1 Å². The van der Waals surface area contributed by atoms with Crippen LogP contribution in [0.1, 0.15) is 6.92 Å². The van der Waals surface area contributed by atoms with Gasteiger partial charge in [0, 0.05) is 13.3 Å². The van der Waals surface area contributed by atoms with Crippen molar-refractivity contribution >= 4 is 11.6 Å². The van der Waals surface area contributed by atoms with E-state index in [-0.39, 0.29) is 5.82 Å². The number of anilines is 1. The average molecular weight is 315 g/mol. The lowest BCUT2D eigenvalue weighted by Crippen LogP contribution is -2.64. The Labute approximate surface area is 124 Å². The Morgan fingerprint density at radius 2 is 2.27 bits per heavy atom. The first-order valence-corrected chi connectivity index (χ1v) is 6.35. The molecule has 0 amide bonds. The maximum atomic E-state index is 12.2. The fourth-order valence-electron chi connectivity index (χ4n) is 2.61. The molecule has 10 nitrogen and oxygen atoms in total. The summed E-state index contributed by atoms with van der Waals surface area (Å²) in [6, 6.07) is 1.21. The number of hydrogen-bond acceptors (Lipinski definition) is 9. The summed E-state index contributed by atoms with van der Waals surface area (Å²) in [5.41, 5.74) is 1.99. The molecule has 0 radical (unpaired) electrons. The lowest BCUT2D eigenvalue weighted by atomic mass is 9.94. The average Bonchev–Trinajstić information content (AvgIpc) is 2.70. The van der Waals surface area contributed by atoms with E-state index in [0.717, 1.165) is 20.2 Å². The molecule has 1 aromatic rings. The van der Waals surface area contributed by atoms with Crippen molar-refractivity contribution in [1.29, 1.82) is 0 Å². The summed E-state index contributed by atoms with van der Waals surface area (Å²) in [5.74, 6) is -3.54. The van der Waals surface area contributed by atoms with Crippen LogP contribution >= 0.6 is 0 Å². The van der Waals surface area contributed by atoms with Crippen molar-refractivity contribution in [3.05, 3.63) is 22.7 Å². The zero-order valence-electron chi connectivity index (χ0n) is 12.0. The Morgan fingerprint density at radius 1 is 1.64 bits per heavy atom. The number of ketones is 1. The van der Waals surface area contributed by atoms with Crippen LogP contribution in [0, 0.1) is 0 Å². The van der Waals surface area contributed by atoms with E-state index in [0.29, 0.717) is 4.57 Å². The molecule has 0 aromatic carbocycles. The van der Waals surface area contributed by atoms with Gasteiger partial charge in [0.2, 0.25) is 0 Å². The predicted molar refractivity (Wildman–Crippen MR) is 71.5 cm³/mol. The molecular weight excluding hydrogens is 298 g/mol. The molecule has 10 heteroatoms. The van der Waals surface area contributed by atoms with Gasteiger partial charge in [0.05, 0.1) is 6.61 Å². The van der Waals surface area contributed by atoms with E-state index in [4.69, 9.17) is 15.2 Å². The number of nitrogens with two attached hydrogens (primary N) is 1. The summed E-state index contributed by atoms with van der Waals surface area (Å²) in [6.45, 7) is 0.332. The number of aliphatic hydroxyl groups excluding tert-OH is 2. The number of rotatable bonds is 4. The molecule has 22 heavy (non-hydrogen) atoms. The molecule has 1 fully saturated rings. The van der Waals surface area contributed by atoms with Crippen LogP contribution in [0.2, 0.25) is 0 Å². The number of aromatic nitrogens is 2. The number of aliphatic hydroxyl groups is 3. The first kappa shape index (κ1) is 16.5. The SMILES string of the molecule is CO[C@@]1(O)[C@H](O)[C@@H](CO)O[C@@]1(C(C)=O)n1ccc(N)nc1=O. The molecule has 1 aliphatic heterocycles. The van der Waals surface area contributed by atoms with Gasteiger partial charge in [0.25, 0.3) is 11.5 Å². The van der Waals surface area contributed by atoms with E-state index in [2.05, 4.69) is 4.98 Å². The molecule has 0 spiro atoms. The third-order valence-electron chi connectivity index (χ3n) is 3.69. The maximum Gasteiger partial charge on any atom is 0.352 e. The van der Waals surface area contributed by atoms with Crippen LogP contribution < -0.4 is 11.4 Å². The number of nitrogens with zero attached hydrogens (tertiary/aromatic N) is 2. The largest absolute Gasteiger partial charge is 0.394 e. The second kappa shape index (κ2) is 5.41. The molecule has 1 saturated heterocycles. The van der Waals surface area contributed by atoms with Gasteiger partial charge >= 0.3 is 5.69 Å². The van der Waals surface area contributed by atoms with Crippen molar-refractivity contribution in [3.8, 4) is 0 Å². The van der Waals surface area contributed by atoms with Crippen LogP contribution in [0.3, 0.4) is 0 Å². The van der Waals surface area contributed by atoms with Gasteiger partial charge in [-0.1, -0.05) is 0 Å². The normalized spacial score (nSPS) is 34.8. The summed E-state index contributed by atoms with van der Waals surface area (Å²) < 4.78 is 10.9. The number of methoxy groups -OCH3 is 1. The number of Topliss-reactive ketones (excluding diaryl/α,β-unsaturated/α-hetero) is 1. The van der Waals surface area contributed by atoms with Crippen molar-refractivity contribution in [2.45, 2.75) is 30.6 Å². The van der Waals surface area contributed by atoms with Crippen molar-refractivity contribution in [2.75, 3.05) is 19.5 Å². The van der Waals surface area contributed by atoms with E-state index < -0.39 is 41.8 Å². The molecule has 2 heterocycles. The molecule has 122 valence electrons. The highest BCUT2D eigenvalue weighted by atomic mass is 16.7. The Bertz CT molecular complexity index is 648. The smallest absolute Gasteiger partial charge is 0.352 e. The lowest BCUT2D eigenvalue weighted by Gasteiger charge is -2.38. The van der Waals surface area contributed by atoms with Gasteiger partial charge in [-0.25, -0.2) is 4.79 Å². The summed E-state index contributed by atoms with van der Waals surface area (Å²) in [6.07, 6.45) is -2.04. The Balaban J connectivity index is 2.77. The third kappa shape index (κ3) is 1.96. The van der Waals surface area contributed by atoms with E-state index in [1.165, 1.54) is 6.07 Å². The Morgan fingerprint density at radius 3 is 2.73 bits per heavy atom. The monoisotopic (exact) mass is 315 g/mol. The van der Waals surface area contributed by atoms with Gasteiger partial charge < -0.3 is 30.5 Å². The number of carbonyl (C=O) groups is 1. The highest BCUT2D eigenvalue weighted by molar-refractivity contribution is 5.84. The second-order valence-corrected chi connectivity index (χ2v) is 4.89. The van der Waals surface area contributed by atoms with Crippen molar-refractivity contribution in [3.63, 3.8) is 0 Å². The van der Waals surface area contributed by atoms with E-state index in [1.807, 2.05) is 0 Å². The van der Waals surface area contributed by atoms with Crippen LogP contribution in [0.5, 0.6) is 0 Å². The summed E-state index contributed by atoms with van der Waals surface area (Å²) >= 11 is 0. The van der Waals surface area contributed by atoms with Gasteiger partial charge in [0.1, 0.15) is 18.0 Å². The molecule has 1 aliphatic rings. The number of hydrogen-bond donors (Lipinski definition) is 4. The van der Waals surface area contributed by atoms with Gasteiger partial charge in [0.15, 0.2) is 5.78 Å². The quantitative estimate of drug-likeness (QED) is 0.429. The summed E-state index contributed by atoms with van der Waals surface area (Å²) in [4.78, 5) is 27.7. The second-order valence-electron chi connectivity index (χ2n) is 4.89. The molecule has 1 aromatic heterocycles. The molecule has 0 saturated carbocycles. The standard InChI is InChI=1S/C12H17N3O7/c1-6(17)11(15-4-3-8(13)14-10(15)19)12(20,21-2)9(18)7(5-16)22-11/h3-4,7,9,16,18,20H,5H2,1-2H3,(H2,13,14,19)/t7-,9-,11-,12+/m1/s1. The van der Waals surface area contributed by atoms with Gasteiger partial charge in [-0.2, -0.15) is 4.98 Å². The Kier molecular flexibility index (Phi) is 4.06. The molecule has 5 N–H and O–H groups in total. The minimum absolute atomic E-state index is 0.0989. The van der Waals surface area contributed by atoms with Crippen molar-refractivity contribution < 1.29 is 29.6 Å². The highest BCUT2D eigenvalue weighted by Gasteiger charge is 2.70. The van der Waals surface area contributed by atoms with E-state index in [9.17, 15) is 24.9 Å². The minimum atomic E-state index is -2.60. The molecule has 0 unspecified atom stereocenters. The van der Waals surface area contributed by atoms with Gasteiger partial charge in [-0.3, -0.25) is 9.36 Å². The van der Waals surface area contributed by atoms with Crippen LogP contribution in [-0.4, -0.2) is 62.4 Å². The van der Waals surface area contributed by atoms with Gasteiger partial charge in [-0.05, 0) is 13.0 Å². The molecule has 2 rings (SSSR count). The molecular formula is C12H17N3O7. The van der Waals surface area contributed by atoms with Crippen LogP contribution in [-0.2, 0) is 20.0 Å². The van der Waals surface area contributed by atoms with E-state index in [1.54, 1.807) is 0 Å². The van der Waals surface area contributed by atoms with Gasteiger partial charge in [-0.15, -0.1) is 0 Å². The molecule has 0 aliphatic carbocycles. The zero-order valence-corrected chi connectivity index (χ0v) is 12.0. The summed E-state index contributed by atoms with van der Waals surface area (Å²) in [5, 5.41) is 30.0. The maximum absolute atomic E-state index is 12.2. The first-order chi connectivity index (χ1) is 10.2. The number of nitrogen functional groups attached to an aromatic ring is 1. The number of ether oxygens (including phenoxy) is 2. The number of carbonyl (C=O) groups excluding carboxylic acids is 1. The molecule has 0 bridgehead atoms. The van der Waals surface area contributed by atoms with Crippen LogP contribution in [0.25, 0.3) is 0 Å². The zero-order chi connectivity index (χ0) is 16.7. The highest BCUT2D eigenvalue weighted by Crippen LogP contribution is 2.44. The minimum Gasteiger partial charge on any atom is -0.394 e. The predicted octanol–water partition coefficient (Wildman–Crippen LogP) is -2.85. The van der Waals surface area contributed by atoms with Crippen molar-refractivity contribution in [2.24, 2.45) is 0 Å². The lowest BCUT2D eigenvalue weighted by molar-refractivity contribution is -0.300. The topological polar surface area (TPSA) is 157 Å². The van der Waals surface area contributed by atoms with Crippen molar-refractivity contribution in [1.82, 2.24) is 9.55 Å². The Hall–Kier alpha value is -1.85. The summed E-state index contributed by atoms with van der Waals surface area (Å²) in [7, 11) is 1.03. The fraction of sp³-hybridized carbons (Fsp3) is 0.583. The molecule has 4 atom stereocenters. The third-order valence-corrected chi connectivity index (χ3v) is 3.69. The van der Waals surface area contributed by atoms with E-state index >= 15 is 0 Å².